The van der Waals surface area contributed by atoms with Gasteiger partial charge in [-0.2, -0.15) is 13.2 Å². The first kappa shape index (κ1) is 19.0. The van der Waals surface area contributed by atoms with Crippen molar-refractivity contribution in [3.8, 4) is 0 Å². The van der Waals surface area contributed by atoms with Gasteiger partial charge in [0.25, 0.3) is 0 Å². The van der Waals surface area contributed by atoms with Gasteiger partial charge in [0, 0.05) is 37.0 Å². The van der Waals surface area contributed by atoms with Crippen LogP contribution >= 0.6 is 0 Å². The van der Waals surface area contributed by atoms with Crippen molar-refractivity contribution >= 4 is 5.78 Å². The monoisotopic (exact) mass is 366 g/mol. The number of carbonyl (C=O) groups is 1. The number of benzene rings is 1. The van der Waals surface area contributed by atoms with Crippen molar-refractivity contribution in [2.24, 2.45) is 0 Å². The minimum Gasteiger partial charge on any atom is -0.373 e. The van der Waals surface area contributed by atoms with E-state index in [1.54, 1.807) is 0 Å². The lowest BCUT2D eigenvalue weighted by molar-refractivity contribution is -0.137. The summed E-state index contributed by atoms with van der Waals surface area (Å²) in [4.78, 5) is 17.0. The standard InChI is InChI=1S/C20H25F3N2O/c21-20(22,23)17-8-6-16(7-9-17)19(26)10-14-25-13-2-1-5-18(25)15-24-11-3-4-12-24/h6-10,14,18H,1-5,11-13,15H2/b14-10+. The fourth-order valence-electron chi connectivity index (χ4n) is 3.76. The van der Waals surface area contributed by atoms with Crippen molar-refractivity contribution in [3.63, 3.8) is 0 Å². The third-order valence-electron chi connectivity index (χ3n) is 5.25. The Morgan fingerprint density at radius 1 is 1.04 bits per heavy atom. The van der Waals surface area contributed by atoms with Gasteiger partial charge < -0.3 is 9.80 Å². The van der Waals surface area contributed by atoms with Gasteiger partial charge in [-0.3, -0.25) is 4.79 Å². The lowest BCUT2D eigenvalue weighted by atomic mass is 10.0. The molecule has 0 amide bonds. The van der Waals surface area contributed by atoms with E-state index in [0.717, 1.165) is 51.2 Å². The van der Waals surface area contributed by atoms with Crippen molar-refractivity contribution in [2.75, 3.05) is 26.2 Å². The summed E-state index contributed by atoms with van der Waals surface area (Å²) in [5, 5.41) is 0. The number of carbonyl (C=O) groups excluding carboxylic acids is 1. The second-order valence-electron chi connectivity index (χ2n) is 7.15. The zero-order valence-electron chi connectivity index (χ0n) is 14.8. The summed E-state index contributed by atoms with van der Waals surface area (Å²) in [6.07, 6.45) is 4.89. The minimum absolute atomic E-state index is 0.260. The van der Waals surface area contributed by atoms with Crippen LogP contribution in [0.15, 0.2) is 36.5 Å². The van der Waals surface area contributed by atoms with Crippen molar-refractivity contribution in [1.82, 2.24) is 9.80 Å². The van der Waals surface area contributed by atoms with Crippen LogP contribution in [0.2, 0.25) is 0 Å². The number of nitrogens with zero attached hydrogens (tertiary/aromatic N) is 2. The van der Waals surface area contributed by atoms with E-state index in [9.17, 15) is 18.0 Å². The molecule has 1 aromatic carbocycles. The summed E-state index contributed by atoms with van der Waals surface area (Å²) in [6, 6.07) is 4.82. The van der Waals surface area contributed by atoms with Gasteiger partial charge in [0.1, 0.15) is 0 Å². The lowest BCUT2D eigenvalue weighted by Crippen LogP contribution is -2.43. The molecule has 1 aromatic rings. The summed E-state index contributed by atoms with van der Waals surface area (Å²) in [7, 11) is 0. The summed E-state index contributed by atoms with van der Waals surface area (Å²) in [5.41, 5.74) is -0.456. The molecule has 0 aliphatic carbocycles. The second-order valence-corrected chi connectivity index (χ2v) is 7.15. The average Bonchev–Trinajstić information content (AvgIpc) is 3.13. The Bertz CT molecular complexity index is 633. The average molecular weight is 366 g/mol. The molecule has 2 aliphatic heterocycles. The van der Waals surface area contributed by atoms with Gasteiger partial charge >= 0.3 is 6.18 Å². The number of halogens is 3. The zero-order valence-corrected chi connectivity index (χ0v) is 14.8. The normalized spacial score (nSPS) is 22.3. The molecular weight excluding hydrogens is 341 g/mol. The molecule has 0 N–H and O–H groups in total. The second kappa shape index (κ2) is 8.25. The molecule has 3 nitrogen and oxygen atoms in total. The van der Waals surface area contributed by atoms with Crippen molar-refractivity contribution in [3.05, 3.63) is 47.7 Å². The molecule has 2 fully saturated rings. The van der Waals surface area contributed by atoms with E-state index < -0.39 is 11.7 Å². The lowest BCUT2D eigenvalue weighted by Gasteiger charge is -2.37. The number of likely N-dealkylation sites (tertiary alicyclic amines) is 2. The maximum absolute atomic E-state index is 12.6. The highest BCUT2D eigenvalue weighted by Crippen LogP contribution is 2.29. The van der Waals surface area contributed by atoms with Crippen molar-refractivity contribution in [2.45, 2.75) is 44.3 Å². The van der Waals surface area contributed by atoms with E-state index in [1.165, 1.54) is 37.5 Å². The van der Waals surface area contributed by atoms with Gasteiger partial charge in [-0.1, -0.05) is 12.1 Å². The first-order chi connectivity index (χ1) is 12.4. The number of allylic oxidation sites excluding steroid dienone is 1. The number of alkyl halides is 3. The number of hydrogen-bond donors (Lipinski definition) is 0. The van der Waals surface area contributed by atoms with Gasteiger partial charge in [-0.05, 0) is 57.3 Å². The molecule has 6 heteroatoms. The van der Waals surface area contributed by atoms with E-state index in [0.29, 0.717) is 6.04 Å². The Kier molecular flexibility index (Phi) is 6.01. The number of hydrogen-bond acceptors (Lipinski definition) is 3. The molecule has 26 heavy (non-hydrogen) atoms. The fraction of sp³-hybridized carbons (Fsp3) is 0.550. The Balaban J connectivity index is 1.61. The van der Waals surface area contributed by atoms with Crippen LogP contribution in [-0.4, -0.2) is 47.8 Å². The molecular formula is C20H25F3N2O. The Morgan fingerprint density at radius 3 is 2.35 bits per heavy atom. The van der Waals surface area contributed by atoms with Crippen LogP contribution < -0.4 is 0 Å². The fourth-order valence-corrected chi connectivity index (χ4v) is 3.76. The van der Waals surface area contributed by atoms with Crippen LogP contribution in [0.4, 0.5) is 13.2 Å². The molecule has 3 rings (SSSR count). The highest BCUT2D eigenvalue weighted by molar-refractivity contribution is 6.04. The first-order valence-corrected chi connectivity index (χ1v) is 9.31. The van der Waals surface area contributed by atoms with E-state index in [-0.39, 0.29) is 11.3 Å². The molecule has 2 saturated heterocycles. The van der Waals surface area contributed by atoms with Crippen LogP contribution in [0, 0.1) is 0 Å². The Morgan fingerprint density at radius 2 is 1.69 bits per heavy atom. The van der Waals surface area contributed by atoms with Crippen LogP contribution in [0.3, 0.4) is 0 Å². The van der Waals surface area contributed by atoms with E-state index in [4.69, 9.17) is 0 Å². The highest BCUT2D eigenvalue weighted by Gasteiger charge is 2.30. The predicted octanol–water partition coefficient (Wildman–Crippen LogP) is 4.35. The van der Waals surface area contributed by atoms with Gasteiger partial charge in [0.2, 0.25) is 0 Å². The van der Waals surface area contributed by atoms with Crippen molar-refractivity contribution in [1.29, 1.82) is 0 Å². The maximum Gasteiger partial charge on any atom is 0.416 e. The predicted molar refractivity (Wildman–Crippen MR) is 94.9 cm³/mol. The molecule has 0 aromatic heterocycles. The third kappa shape index (κ3) is 4.87. The SMILES string of the molecule is O=C(/C=C/N1CCCCC1CN1CCCC1)c1ccc(C(F)(F)F)cc1. The van der Waals surface area contributed by atoms with Crippen LogP contribution in [0.25, 0.3) is 0 Å². The molecule has 142 valence electrons. The molecule has 2 heterocycles. The molecule has 1 atom stereocenters. The minimum atomic E-state index is -4.38. The molecule has 0 saturated carbocycles. The summed E-state index contributed by atoms with van der Waals surface area (Å²) in [5.74, 6) is -0.260. The van der Waals surface area contributed by atoms with E-state index in [1.807, 2.05) is 6.20 Å². The third-order valence-corrected chi connectivity index (χ3v) is 5.25. The van der Waals surface area contributed by atoms with Gasteiger partial charge in [0.05, 0.1) is 5.56 Å². The molecule has 0 radical (unpaired) electrons. The Hall–Kier alpha value is -1.82. The van der Waals surface area contributed by atoms with E-state index in [2.05, 4.69) is 9.80 Å². The summed E-state index contributed by atoms with van der Waals surface area (Å²) >= 11 is 0. The quantitative estimate of drug-likeness (QED) is 0.572. The molecule has 0 spiro atoms. The summed E-state index contributed by atoms with van der Waals surface area (Å²) in [6.45, 7) is 4.26. The summed E-state index contributed by atoms with van der Waals surface area (Å²) < 4.78 is 37.8. The number of piperidine rings is 1. The molecule has 0 bridgehead atoms. The molecule has 1 unspecified atom stereocenters. The zero-order chi connectivity index (χ0) is 18.6. The largest absolute Gasteiger partial charge is 0.416 e. The van der Waals surface area contributed by atoms with Crippen LogP contribution in [-0.2, 0) is 6.18 Å². The van der Waals surface area contributed by atoms with Gasteiger partial charge in [-0.15, -0.1) is 0 Å². The Labute approximate surface area is 152 Å². The highest BCUT2D eigenvalue weighted by atomic mass is 19.4. The smallest absolute Gasteiger partial charge is 0.373 e. The van der Waals surface area contributed by atoms with Crippen molar-refractivity contribution < 1.29 is 18.0 Å². The topological polar surface area (TPSA) is 23.6 Å². The first-order valence-electron chi connectivity index (χ1n) is 9.31. The number of ketones is 1. The van der Waals surface area contributed by atoms with E-state index >= 15 is 0 Å². The molecule has 2 aliphatic rings. The van der Waals surface area contributed by atoms with Gasteiger partial charge in [-0.25, -0.2) is 0 Å². The van der Waals surface area contributed by atoms with Crippen LogP contribution in [0.1, 0.15) is 48.0 Å². The van der Waals surface area contributed by atoms with Crippen LogP contribution in [0.5, 0.6) is 0 Å². The maximum atomic E-state index is 12.6. The van der Waals surface area contributed by atoms with Gasteiger partial charge in [0.15, 0.2) is 5.78 Å². The number of rotatable bonds is 5.